The van der Waals surface area contributed by atoms with Gasteiger partial charge in [0.2, 0.25) is 0 Å². The van der Waals surface area contributed by atoms with Gasteiger partial charge in [-0.15, -0.1) is 0 Å². The van der Waals surface area contributed by atoms with Crippen LogP contribution in [0.1, 0.15) is 0 Å². The highest BCUT2D eigenvalue weighted by Crippen LogP contribution is 2.36. The van der Waals surface area contributed by atoms with Gasteiger partial charge < -0.3 is 14.5 Å². The smallest absolute Gasteiger partial charge is 0.171 e. The third kappa shape index (κ3) is 4.49. The Morgan fingerprint density at radius 1 is 0.759 bits per heavy atom. The highest BCUT2D eigenvalue weighted by atomic mass is 79.9. The number of imidazole rings is 1. The Kier molecular flexibility index (Phi) is 5.92. The van der Waals surface area contributed by atoms with E-state index in [0.717, 1.165) is 48.5 Å². The van der Waals surface area contributed by atoms with E-state index in [1.165, 1.54) is 0 Å². The Balaban J connectivity index is 1.75. The monoisotopic (exact) mass is 466 g/mol. The van der Waals surface area contributed by atoms with Gasteiger partial charge in [-0.3, -0.25) is 0 Å². The molecule has 0 saturated heterocycles. The van der Waals surface area contributed by atoms with Gasteiger partial charge in [-0.1, -0.05) is 27.7 Å². The highest BCUT2D eigenvalue weighted by molar-refractivity contribution is 9.10. The second-order valence-electron chi connectivity index (χ2n) is 6.28. The maximum absolute atomic E-state index is 5.29. The largest absolute Gasteiger partial charge is 0.497 e. The third-order valence-electron chi connectivity index (χ3n) is 4.45. The van der Waals surface area contributed by atoms with Crippen LogP contribution in [-0.4, -0.2) is 24.2 Å². The Morgan fingerprint density at radius 3 is 1.86 bits per heavy atom. The SMILES string of the molecule is COc1ccc(-c2nc(Sc3ccc(Br)cc3)[nH]c2-c2ccc(OC)cc2)cc1. The lowest BCUT2D eigenvalue weighted by Crippen LogP contribution is -1.87. The molecular formula is C23H19BrN2O2S. The molecule has 0 fully saturated rings. The lowest BCUT2D eigenvalue weighted by molar-refractivity contribution is 0.414. The molecule has 4 aromatic rings. The molecule has 1 aromatic heterocycles. The molecule has 3 aromatic carbocycles. The number of nitrogens with zero attached hydrogens (tertiary/aromatic N) is 1. The molecule has 0 amide bonds. The summed E-state index contributed by atoms with van der Waals surface area (Å²) in [5.74, 6) is 1.64. The normalized spacial score (nSPS) is 10.7. The predicted molar refractivity (Wildman–Crippen MR) is 121 cm³/mol. The fraction of sp³-hybridized carbons (Fsp3) is 0.0870. The third-order valence-corrected chi connectivity index (χ3v) is 5.88. The molecule has 0 spiro atoms. The number of rotatable bonds is 6. The molecule has 0 aliphatic rings. The van der Waals surface area contributed by atoms with Crippen molar-refractivity contribution < 1.29 is 9.47 Å². The van der Waals surface area contributed by atoms with Crippen LogP contribution in [0.2, 0.25) is 0 Å². The van der Waals surface area contributed by atoms with Crippen molar-refractivity contribution >= 4 is 27.7 Å². The Morgan fingerprint density at radius 2 is 1.31 bits per heavy atom. The number of benzene rings is 3. The van der Waals surface area contributed by atoms with Crippen LogP contribution in [-0.2, 0) is 0 Å². The van der Waals surface area contributed by atoms with Gasteiger partial charge >= 0.3 is 0 Å². The summed E-state index contributed by atoms with van der Waals surface area (Å²) in [4.78, 5) is 9.51. The van der Waals surface area contributed by atoms with Crippen molar-refractivity contribution in [3.05, 3.63) is 77.3 Å². The molecule has 0 bridgehead atoms. The van der Waals surface area contributed by atoms with Gasteiger partial charge in [0.25, 0.3) is 0 Å². The van der Waals surface area contributed by atoms with Gasteiger partial charge in [-0.25, -0.2) is 4.98 Å². The summed E-state index contributed by atoms with van der Waals surface area (Å²) in [6, 6.07) is 24.1. The summed E-state index contributed by atoms with van der Waals surface area (Å²) in [7, 11) is 3.33. The highest BCUT2D eigenvalue weighted by Gasteiger charge is 2.15. The number of halogens is 1. The average Bonchev–Trinajstić information content (AvgIpc) is 3.19. The number of aromatic nitrogens is 2. The van der Waals surface area contributed by atoms with Crippen LogP contribution in [0, 0.1) is 0 Å². The van der Waals surface area contributed by atoms with Crippen molar-refractivity contribution in [1.82, 2.24) is 9.97 Å². The number of aromatic amines is 1. The van der Waals surface area contributed by atoms with Gasteiger partial charge in [-0.05, 0) is 72.8 Å². The van der Waals surface area contributed by atoms with E-state index in [0.29, 0.717) is 0 Å². The number of ether oxygens (including phenoxy) is 2. The second-order valence-corrected chi connectivity index (χ2v) is 8.26. The van der Waals surface area contributed by atoms with Crippen LogP contribution in [0.3, 0.4) is 0 Å². The van der Waals surface area contributed by atoms with Crippen molar-refractivity contribution in [3.63, 3.8) is 0 Å². The molecule has 0 saturated carbocycles. The van der Waals surface area contributed by atoms with Gasteiger partial charge in [0, 0.05) is 20.5 Å². The molecule has 146 valence electrons. The number of nitrogens with one attached hydrogen (secondary N) is 1. The Hall–Kier alpha value is -2.70. The molecule has 0 radical (unpaired) electrons. The van der Waals surface area contributed by atoms with E-state index >= 15 is 0 Å². The zero-order chi connectivity index (χ0) is 20.2. The first kappa shape index (κ1) is 19.6. The zero-order valence-electron chi connectivity index (χ0n) is 16.0. The minimum Gasteiger partial charge on any atom is -0.497 e. The van der Waals surface area contributed by atoms with E-state index in [1.807, 2.05) is 60.7 Å². The summed E-state index contributed by atoms with van der Waals surface area (Å²) in [6.07, 6.45) is 0. The maximum atomic E-state index is 5.29. The van der Waals surface area contributed by atoms with Crippen LogP contribution in [0.25, 0.3) is 22.5 Å². The fourth-order valence-corrected chi connectivity index (χ4v) is 3.99. The molecule has 29 heavy (non-hydrogen) atoms. The second kappa shape index (κ2) is 8.76. The molecular weight excluding hydrogens is 448 g/mol. The van der Waals surface area contributed by atoms with E-state index in [9.17, 15) is 0 Å². The first-order valence-corrected chi connectivity index (χ1v) is 10.6. The zero-order valence-corrected chi connectivity index (χ0v) is 18.4. The average molecular weight is 467 g/mol. The molecule has 1 heterocycles. The number of hydrogen-bond donors (Lipinski definition) is 1. The summed E-state index contributed by atoms with van der Waals surface area (Å²) in [6.45, 7) is 0. The summed E-state index contributed by atoms with van der Waals surface area (Å²) >= 11 is 5.08. The summed E-state index contributed by atoms with van der Waals surface area (Å²) < 4.78 is 11.6. The van der Waals surface area contributed by atoms with Crippen LogP contribution in [0.4, 0.5) is 0 Å². The molecule has 6 heteroatoms. The molecule has 0 unspecified atom stereocenters. The summed E-state index contributed by atoms with van der Waals surface area (Å²) in [5.41, 5.74) is 3.94. The lowest BCUT2D eigenvalue weighted by Gasteiger charge is -2.06. The fourth-order valence-electron chi connectivity index (χ4n) is 2.94. The maximum Gasteiger partial charge on any atom is 0.171 e. The molecule has 0 atom stereocenters. The van der Waals surface area contributed by atoms with Gasteiger partial charge in [-0.2, -0.15) is 0 Å². The van der Waals surface area contributed by atoms with Crippen LogP contribution in [0.15, 0.2) is 87.3 Å². The minimum atomic E-state index is 0.819. The van der Waals surface area contributed by atoms with Gasteiger partial charge in [0.05, 0.1) is 25.6 Å². The van der Waals surface area contributed by atoms with Crippen molar-refractivity contribution in [3.8, 4) is 34.0 Å². The standard InChI is InChI=1S/C23H19BrN2O2S/c1-27-18-9-3-15(4-10-18)21-22(16-5-11-19(28-2)12-6-16)26-23(25-21)29-20-13-7-17(24)8-14-20/h3-14H,1-2H3,(H,25,26). The Labute approximate surface area is 182 Å². The van der Waals surface area contributed by atoms with E-state index in [-0.39, 0.29) is 0 Å². The number of H-pyrrole nitrogens is 1. The lowest BCUT2D eigenvalue weighted by atomic mass is 10.0. The van der Waals surface area contributed by atoms with E-state index in [1.54, 1.807) is 26.0 Å². The van der Waals surface area contributed by atoms with Crippen LogP contribution < -0.4 is 9.47 Å². The van der Waals surface area contributed by atoms with E-state index in [2.05, 4.69) is 33.0 Å². The van der Waals surface area contributed by atoms with Crippen LogP contribution >= 0.6 is 27.7 Å². The first-order valence-electron chi connectivity index (χ1n) is 8.98. The molecule has 4 nitrogen and oxygen atoms in total. The molecule has 4 rings (SSSR count). The van der Waals surface area contributed by atoms with Gasteiger partial charge in [0.15, 0.2) is 5.16 Å². The predicted octanol–water partition coefficient (Wildman–Crippen LogP) is 6.67. The van der Waals surface area contributed by atoms with Gasteiger partial charge in [0.1, 0.15) is 11.5 Å². The van der Waals surface area contributed by atoms with Crippen molar-refractivity contribution in [2.75, 3.05) is 14.2 Å². The first-order chi connectivity index (χ1) is 14.2. The summed E-state index contributed by atoms with van der Waals surface area (Å²) in [5, 5.41) is 0.837. The molecule has 0 aliphatic carbocycles. The van der Waals surface area contributed by atoms with Crippen molar-refractivity contribution in [2.24, 2.45) is 0 Å². The topological polar surface area (TPSA) is 47.1 Å². The Bertz CT molecular complexity index is 1030. The van der Waals surface area contributed by atoms with Crippen molar-refractivity contribution in [2.45, 2.75) is 10.1 Å². The van der Waals surface area contributed by atoms with Crippen molar-refractivity contribution in [1.29, 1.82) is 0 Å². The van der Waals surface area contributed by atoms with Crippen LogP contribution in [0.5, 0.6) is 11.5 Å². The number of methoxy groups -OCH3 is 2. The van der Waals surface area contributed by atoms with E-state index < -0.39 is 0 Å². The quantitative estimate of drug-likeness (QED) is 0.344. The minimum absolute atomic E-state index is 0.819. The molecule has 1 N–H and O–H groups in total. The number of hydrogen-bond acceptors (Lipinski definition) is 4. The molecule has 0 aliphatic heterocycles. The van der Waals surface area contributed by atoms with E-state index in [4.69, 9.17) is 14.5 Å².